The van der Waals surface area contributed by atoms with E-state index in [1.54, 1.807) is 6.92 Å². The fourth-order valence-electron chi connectivity index (χ4n) is 4.15. The van der Waals surface area contributed by atoms with Crippen LogP contribution in [0.5, 0.6) is 0 Å². The highest BCUT2D eigenvalue weighted by atomic mass is 16.6. The largest absolute Gasteiger partial charge is 0.464 e. The van der Waals surface area contributed by atoms with E-state index in [1.807, 2.05) is 24.3 Å². The maximum absolute atomic E-state index is 12.6. The molecule has 0 unspecified atom stereocenters. The molecule has 1 saturated heterocycles. The van der Waals surface area contributed by atoms with Gasteiger partial charge in [-0.05, 0) is 42.0 Å². The Balaban J connectivity index is 1.49. The molecule has 0 radical (unpaired) electrons. The van der Waals surface area contributed by atoms with Gasteiger partial charge in [-0.2, -0.15) is 0 Å². The van der Waals surface area contributed by atoms with Crippen LogP contribution in [-0.4, -0.2) is 42.8 Å². The quantitative estimate of drug-likeness (QED) is 0.770. The van der Waals surface area contributed by atoms with Crippen LogP contribution in [0, 0.1) is 0 Å². The fourth-order valence-corrected chi connectivity index (χ4v) is 4.15. The van der Waals surface area contributed by atoms with Gasteiger partial charge < -0.3 is 9.47 Å². The van der Waals surface area contributed by atoms with Crippen molar-refractivity contribution in [3.05, 3.63) is 59.7 Å². The smallest absolute Gasteiger partial charge is 0.410 e. The lowest BCUT2D eigenvalue weighted by atomic mass is 9.98. The van der Waals surface area contributed by atoms with E-state index in [4.69, 9.17) is 9.47 Å². The highest BCUT2D eigenvalue weighted by molar-refractivity contribution is 5.82. The Hall–Kier alpha value is -2.82. The van der Waals surface area contributed by atoms with Crippen molar-refractivity contribution in [2.45, 2.75) is 31.7 Å². The number of fused-ring (bicyclic) bond motifs is 3. The number of nitrogens with zero attached hydrogens (tertiary/aromatic N) is 1. The monoisotopic (exact) mass is 365 g/mol. The Labute approximate surface area is 158 Å². The third-order valence-corrected chi connectivity index (χ3v) is 5.38. The van der Waals surface area contributed by atoms with Crippen molar-refractivity contribution < 1.29 is 19.1 Å². The Kier molecular flexibility index (Phi) is 4.84. The minimum Gasteiger partial charge on any atom is -0.464 e. The average molecular weight is 365 g/mol. The molecule has 1 aliphatic carbocycles. The minimum atomic E-state index is -0.527. The van der Waals surface area contributed by atoms with Crippen LogP contribution in [0.15, 0.2) is 48.5 Å². The zero-order valence-corrected chi connectivity index (χ0v) is 15.4. The second-order valence-electron chi connectivity index (χ2n) is 6.91. The number of hydrogen-bond donors (Lipinski definition) is 0. The molecule has 1 heterocycles. The summed E-state index contributed by atoms with van der Waals surface area (Å²) in [5.41, 5.74) is 4.74. The summed E-state index contributed by atoms with van der Waals surface area (Å²) < 4.78 is 10.8. The van der Waals surface area contributed by atoms with Crippen LogP contribution in [0.1, 0.15) is 36.8 Å². The van der Waals surface area contributed by atoms with Crippen LogP contribution < -0.4 is 0 Å². The van der Waals surface area contributed by atoms with Gasteiger partial charge in [-0.1, -0.05) is 48.5 Å². The van der Waals surface area contributed by atoms with E-state index in [0.717, 1.165) is 6.42 Å². The fraction of sp³-hybridized carbons (Fsp3) is 0.364. The van der Waals surface area contributed by atoms with E-state index in [2.05, 4.69) is 24.3 Å². The van der Waals surface area contributed by atoms with Crippen molar-refractivity contribution in [2.24, 2.45) is 0 Å². The molecular formula is C22H23NO4. The lowest BCUT2D eigenvalue weighted by molar-refractivity contribution is -0.147. The van der Waals surface area contributed by atoms with E-state index in [-0.39, 0.29) is 18.5 Å². The molecule has 4 rings (SSSR count). The molecule has 1 amide bonds. The van der Waals surface area contributed by atoms with Crippen LogP contribution in [0.4, 0.5) is 4.79 Å². The molecule has 5 heteroatoms. The van der Waals surface area contributed by atoms with Gasteiger partial charge in [0.15, 0.2) is 0 Å². The summed E-state index contributed by atoms with van der Waals surface area (Å²) in [6.07, 6.45) is 0.976. The Bertz CT molecular complexity index is 817. The van der Waals surface area contributed by atoms with Gasteiger partial charge in [0.1, 0.15) is 12.6 Å². The molecule has 5 nitrogen and oxygen atoms in total. The van der Waals surface area contributed by atoms with Crippen LogP contribution >= 0.6 is 0 Å². The number of hydrogen-bond acceptors (Lipinski definition) is 4. The maximum atomic E-state index is 12.6. The Morgan fingerprint density at radius 1 is 1.00 bits per heavy atom. The number of likely N-dealkylation sites (tertiary alicyclic amines) is 1. The van der Waals surface area contributed by atoms with Crippen molar-refractivity contribution in [3.63, 3.8) is 0 Å². The predicted molar refractivity (Wildman–Crippen MR) is 101 cm³/mol. The number of benzene rings is 2. The second kappa shape index (κ2) is 7.43. The van der Waals surface area contributed by atoms with Gasteiger partial charge in [0.2, 0.25) is 0 Å². The molecule has 1 fully saturated rings. The zero-order chi connectivity index (χ0) is 18.8. The maximum Gasteiger partial charge on any atom is 0.410 e. The van der Waals surface area contributed by atoms with Gasteiger partial charge in [-0.3, -0.25) is 4.90 Å². The minimum absolute atomic E-state index is 0.0185. The SMILES string of the molecule is CCOC(=O)[C@@H]1CCCN1C(=O)OCC1c2ccccc2-c2ccccc21. The van der Waals surface area contributed by atoms with Gasteiger partial charge in [0.25, 0.3) is 0 Å². The molecule has 0 bridgehead atoms. The third-order valence-electron chi connectivity index (χ3n) is 5.38. The van der Waals surface area contributed by atoms with Crippen molar-refractivity contribution >= 4 is 12.1 Å². The van der Waals surface area contributed by atoms with E-state index < -0.39 is 12.1 Å². The van der Waals surface area contributed by atoms with Gasteiger partial charge in [-0.15, -0.1) is 0 Å². The summed E-state index contributed by atoms with van der Waals surface area (Å²) in [4.78, 5) is 26.2. The molecule has 1 atom stereocenters. The topological polar surface area (TPSA) is 55.8 Å². The normalized spacial score (nSPS) is 18.1. The second-order valence-corrected chi connectivity index (χ2v) is 6.91. The van der Waals surface area contributed by atoms with Gasteiger partial charge in [0, 0.05) is 12.5 Å². The van der Waals surface area contributed by atoms with Crippen molar-refractivity contribution in [1.29, 1.82) is 0 Å². The first kappa shape index (κ1) is 17.6. The van der Waals surface area contributed by atoms with Crippen molar-refractivity contribution in [1.82, 2.24) is 4.90 Å². The number of carbonyl (C=O) groups is 2. The van der Waals surface area contributed by atoms with Crippen LogP contribution in [0.25, 0.3) is 11.1 Å². The lowest BCUT2D eigenvalue weighted by Crippen LogP contribution is -2.42. The van der Waals surface area contributed by atoms with Gasteiger partial charge in [0.05, 0.1) is 6.61 Å². The summed E-state index contributed by atoms with van der Waals surface area (Å²) in [7, 11) is 0. The number of ether oxygens (including phenoxy) is 2. The number of esters is 1. The summed E-state index contributed by atoms with van der Waals surface area (Å²) in [5.74, 6) is -0.325. The Morgan fingerprint density at radius 3 is 2.26 bits per heavy atom. The summed E-state index contributed by atoms with van der Waals surface area (Å²) in [6, 6.07) is 15.9. The molecule has 1 aliphatic heterocycles. The van der Waals surface area contributed by atoms with Crippen LogP contribution in [0.3, 0.4) is 0 Å². The Morgan fingerprint density at radius 2 is 1.63 bits per heavy atom. The predicted octanol–water partition coefficient (Wildman–Crippen LogP) is 3.96. The highest BCUT2D eigenvalue weighted by Crippen LogP contribution is 2.44. The number of carbonyl (C=O) groups excluding carboxylic acids is 2. The summed E-state index contributed by atoms with van der Waals surface area (Å²) in [5, 5.41) is 0. The molecule has 0 saturated carbocycles. The lowest BCUT2D eigenvalue weighted by Gasteiger charge is -2.23. The van der Waals surface area contributed by atoms with Gasteiger partial charge >= 0.3 is 12.1 Å². The van der Waals surface area contributed by atoms with Crippen LogP contribution in [0.2, 0.25) is 0 Å². The van der Waals surface area contributed by atoms with E-state index in [1.165, 1.54) is 27.2 Å². The average Bonchev–Trinajstić information content (AvgIpc) is 3.30. The summed E-state index contributed by atoms with van der Waals surface area (Å²) >= 11 is 0. The summed E-state index contributed by atoms with van der Waals surface area (Å²) in [6.45, 7) is 2.87. The van der Waals surface area contributed by atoms with E-state index in [0.29, 0.717) is 19.6 Å². The first-order valence-electron chi connectivity index (χ1n) is 9.49. The molecule has 140 valence electrons. The third kappa shape index (κ3) is 3.18. The highest BCUT2D eigenvalue weighted by Gasteiger charge is 2.37. The molecule has 0 aromatic heterocycles. The molecular weight excluding hydrogens is 342 g/mol. The van der Waals surface area contributed by atoms with Crippen molar-refractivity contribution in [3.8, 4) is 11.1 Å². The van der Waals surface area contributed by atoms with Crippen LogP contribution in [-0.2, 0) is 14.3 Å². The van der Waals surface area contributed by atoms with E-state index in [9.17, 15) is 9.59 Å². The zero-order valence-electron chi connectivity index (χ0n) is 15.4. The number of amides is 1. The van der Waals surface area contributed by atoms with E-state index >= 15 is 0 Å². The molecule has 2 aromatic rings. The molecule has 0 spiro atoms. The molecule has 27 heavy (non-hydrogen) atoms. The molecule has 0 N–H and O–H groups in total. The standard InChI is InChI=1S/C22H23NO4/c1-2-26-21(24)20-12-7-13-23(20)22(25)27-14-19-17-10-5-3-8-15(17)16-9-4-6-11-18(16)19/h3-6,8-11,19-20H,2,7,12-14H2,1H3/t20-/m0/s1. The molecule has 2 aliphatic rings. The number of rotatable bonds is 4. The first-order chi connectivity index (χ1) is 13.2. The van der Waals surface area contributed by atoms with Gasteiger partial charge in [-0.25, -0.2) is 9.59 Å². The van der Waals surface area contributed by atoms with Crippen molar-refractivity contribution in [2.75, 3.05) is 19.8 Å². The molecule has 2 aromatic carbocycles. The first-order valence-corrected chi connectivity index (χ1v) is 9.49.